The van der Waals surface area contributed by atoms with E-state index in [1.54, 1.807) is 18.3 Å². The second-order valence-corrected chi connectivity index (χ2v) is 3.68. The van der Waals surface area contributed by atoms with Crippen molar-refractivity contribution >= 4 is 11.6 Å². The number of benzene rings is 1. The molecule has 0 unspecified atom stereocenters. The molecule has 1 N–H and O–H groups in total. The highest BCUT2D eigenvalue weighted by molar-refractivity contribution is 6.30. The van der Waals surface area contributed by atoms with Gasteiger partial charge in [-0.15, -0.1) is 0 Å². The highest BCUT2D eigenvalue weighted by Gasteiger charge is 2.09. The lowest BCUT2D eigenvalue weighted by Gasteiger charge is -2.03. The first-order chi connectivity index (χ1) is 7.72. The molecule has 0 aliphatic carbocycles. The minimum atomic E-state index is -0.303. The maximum atomic E-state index is 12.7. The first kappa shape index (κ1) is 11.1. The Balaban J connectivity index is 2.37. The van der Waals surface area contributed by atoms with Gasteiger partial charge in [-0.05, 0) is 24.3 Å². The fourth-order valence-corrected chi connectivity index (χ4v) is 1.70. The second kappa shape index (κ2) is 4.63. The van der Waals surface area contributed by atoms with Crippen molar-refractivity contribution in [1.82, 2.24) is 9.78 Å². The summed E-state index contributed by atoms with van der Waals surface area (Å²) in [5.74, 6) is -0.303. The Morgan fingerprint density at radius 1 is 1.31 bits per heavy atom. The van der Waals surface area contributed by atoms with Crippen LogP contribution in [0.1, 0.15) is 5.56 Å². The summed E-state index contributed by atoms with van der Waals surface area (Å²) in [5.41, 5.74) is 1.46. The molecule has 1 heterocycles. The number of halogens is 2. The molecule has 5 heteroatoms. The molecule has 0 bridgehead atoms. The van der Waals surface area contributed by atoms with Crippen LogP contribution in [0.2, 0.25) is 5.15 Å². The molecule has 0 fully saturated rings. The van der Waals surface area contributed by atoms with Gasteiger partial charge >= 0.3 is 0 Å². The molecular weight excluding hydrogens is 231 g/mol. The molecule has 0 spiro atoms. The van der Waals surface area contributed by atoms with Gasteiger partial charge in [0.05, 0.1) is 11.9 Å². The minimum absolute atomic E-state index is 0.0226. The van der Waals surface area contributed by atoms with Gasteiger partial charge in [0.2, 0.25) is 0 Å². The molecular formula is C11H10ClFN2O. The quantitative estimate of drug-likeness (QED) is 0.893. The van der Waals surface area contributed by atoms with E-state index in [0.29, 0.717) is 17.3 Å². The Morgan fingerprint density at radius 3 is 2.62 bits per heavy atom. The lowest BCUT2D eigenvalue weighted by Crippen LogP contribution is -1.97. The van der Waals surface area contributed by atoms with Gasteiger partial charge in [0, 0.05) is 18.6 Å². The summed E-state index contributed by atoms with van der Waals surface area (Å²) in [4.78, 5) is 0. The van der Waals surface area contributed by atoms with Gasteiger partial charge in [-0.2, -0.15) is 5.10 Å². The third kappa shape index (κ3) is 2.08. The van der Waals surface area contributed by atoms with E-state index >= 15 is 0 Å². The Hall–Kier alpha value is -1.39. The highest BCUT2D eigenvalue weighted by Crippen LogP contribution is 2.20. The van der Waals surface area contributed by atoms with Crippen LogP contribution in [0.5, 0.6) is 0 Å². The van der Waals surface area contributed by atoms with Crippen molar-refractivity contribution in [2.45, 2.75) is 6.42 Å². The van der Waals surface area contributed by atoms with Crippen molar-refractivity contribution in [2.24, 2.45) is 0 Å². The van der Waals surface area contributed by atoms with E-state index < -0.39 is 0 Å². The Bertz CT molecular complexity index is 481. The van der Waals surface area contributed by atoms with E-state index in [1.807, 2.05) is 0 Å². The van der Waals surface area contributed by atoms with Crippen molar-refractivity contribution in [2.75, 3.05) is 6.61 Å². The molecule has 1 aromatic heterocycles. The van der Waals surface area contributed by atoms with Crippen LogP contribution in [0, 0.1) is 5.82 Å². The Kier molecular flexibility index (Phi) is 3.22. The average molecular weight is 241 g/mol. The topological polar surface area (TPSA) is 38.1 Å². The maximum Gasteiger partial charge on any atom is 0.136 e. The van der Waals surface area contributed by atoms with E-state index in [9.17, 15) is 4.39 Å². The van der Waals surface area contributed by atoms with E-state index in [-0.39, 0.29) is 12.4 Å². The number of rotatable bonds is 3. The number of hydrogen-bond donors (Lipinski definition) is 1. The molecule has 0 aliphatic rings. The third-order valence-electron chi connectivity index (χ3n) is 2.23. The monoisotopic (exact) mass is 240 g/mol. The van der Waals surface area contributed by atoms with Crippen LogP contribution in [0.15, 0.2) is 30.5 Å². The SMILES string of the molecule is OCCc1cnn(-c2ccc(F)cc2)c1Cl. The second-order valence-electron chi connectivity index (χ2n) is 3.32. The molecule has 1 aromatic carbocycles. The normalized spacial score (nSPS) is 10.7. The summed E-state index contributed by atoms with van der Waals surface area (Å²) >= 11 is 6.07. The van der Waals surface area contributed by atoms with Crippen LogP contribution < -0.4 is 0 Å². The molecule has 0 amide bonds. The third-order valence-corrected chi connectivity index (χ3v) is 2.64. The zero-order chi connectivity index (χ0) is 11.5. The molecule has 16 heavy (non-hydrogen) atoms. The average Bonchev–Trinajstić information content (AvgIpc) is 2.63. The number of aliphatic hydroxyl groups is 1. The summed E-state index contributed by atoms with van der Waals surface area (Å²) in [7, 11) is 0. The lowest BCUT2D eigenvalue weighted by molar-refractivity contribution is 0.299. The molecule has 0 saturated carbocycles. The molecule has 84 valence electrons. The van der Waals surface area contributed by atoms with Gasteiger partial charge in [-0.1, -0.05) is 11.6 Å². The summed E-state index contributed by atoms with van der Waals surface area (Å²) in [6.45, 7) is 0.0226. The minimum Gasteiger partial charge on any atom is -0.396 e. The molecule has 3 nitrogen and oxygen atoms in total. The molecule has 0 aliphatic heterocycles. The molecule has 0 radical (unpaired) electrons. The van der Waals surface area contributed by atoms with Crippen molar-refractivity contribution in [1.29, 1.82) is 0 Å². The van der Waals surface area contributed by atoms with E-state index in [0.717, 1.165) is 5.56 Å². The zero-order valence-electron chi connectivity index (χ0n) is 8.40. The van der Waals surface area contributed by atoms with Crippen LogP contribution >= 0.6 is 11.6 Å². The smallest absolute Gasteiger partial charge is 0.136 e. The predicted octanol–water partition coefficient (Wildman–Crippen LogP) is 2.20. The van der Waals surface area contributed by atoms with Crippen LogP contribution in [-0.2, 0) is 6.42 Å². The number of aliphatic hydroxyl groups excluding tert-OH is 1. The molecule has 0 saturated heterocycles. The van der Waals surface area contributed by atoms with Crippen LogP contribution in [0.3, 0.4) is 0 Å². The largest absolute Gasteiger partial charge is 0.396 e. The maximum absolute atomic E-state index is 12.7. The molecule has 2 aromatic rings. The summed E-state index contributed by atoms with van der Waals surface area (Å²) in [6, 6.07) is 5.88. The van der Waals surface area contributed by atoms with Gasteiger partial charge in [-0.3, -0.25) is 0 Å². The zero-order valence-corrected chi connectivity index (χ0v) is 9.15. The van der Waals surface area contributed by atoms with Crippen molar-refractivity contribution in [3.63, 3.8) is 0 Å². The molecule has 2 rings (SSSR count). The van der Waals surface area contributed by atoms with E-state index in [4.69, 9.17) is 16.7 Å². The van der Waals surface area contributed by atoms with Gasteiger partial charge in [0.1, 0.15) is 11.0 Å². The van der Waals surface area contributed by atoms with Crippen molar-refractivity contribution in [3.05, 3.63) is 47.0 Å². The fraction of sp³-hybridized carbons (Fsp3) is 0.182. The first-order valence-electron chi connectivity index (χ1n) is 4.81. The summed E-state index contributed by atoms with van der Waals surface area (Å²) in [6.07, 6.45) is 2.06. The first-order valence-corrected chi connectivity index (χ1v) is 5.19. The van der Waals surface area contributed by atoms with E-state index in [2.05, 4.69) is 5.10 Å². The number of aromatic nitrogens is 2. The lowest BCUT2D eigenvalue weighted by atomic mass is 10.2. The van der Waals surface area contributed by atoms with Crippen LogP contribution in [-0.4, -0.2) is 21.5 Å². The van der Waals surface area contributed by atoms with Gasteiger partial charge in [-0.25, -0.2) is 9.07 Å². The van der Waals surface area contributed by atoms with Gasteiger partial charge in [0.25, 0.3) is 0 Å². The predicted molar refractivity (Wildman–Crippen MR) is 59.3 cm³/mol. The van der Waals surface area contributed by atoms with E-state index in [1.165, 1.54) is 16.8 Å². The van der Waals surface area contributed by atoms with Gasteiger partial charge < -0.3 is 5.11 Å². The summed E-state index contributed by atoms with van der Waals surface area (Å²) < 4.78 is 14.2. The fourth-order valence-electron chi connectivity index (χ4n) is 1.42. The number of nitrogens with zero attached hydrogens (tertiary/aromatic N) is 2. The van der Waals surface area contributed by atoms with Crippen LogP contribution in [0.4, 0.5) is 4.39 Å². The standard InChI is InChI=1S/C11H10ClFN2O/c12-11-8(5-6-16)7-14-15(11)10-3-1-9(13)2-4-10/h1-4,7,16H,5-6H2. The Morgan fingerprint density at radius 2 is 2.00 bits per heavy atom. The Labute approximate surface area is 97.1 Å². The van der Waals surface area contributed by atoms with Crippen molar-refractivity contribution in [3.8, 4) is 5.69 Å². The number of hydrogen-bond acceptors (Lipinski definition) is 2. The van der Waals surface area contributed by atoms with Crippen molar-refractivity contribution < 1.29 is 9.50 Å². The van der Waals surface area contributed by atoms with Crippen LogP contribution in [0.25, 0.3) is 5.69 Å². The summed E-state index contributed by atoms with van der Waals surface area (Å²) in [5, 5.41) is 13.3. The van der Waals surface area contributed by atoms with Gasteiger partial charge in [0.15, 0.2) is 0 Å². The highest BCUT2D eigenvalue weighted by atomic mass is 35.5. The molecule has 0 atom stereocenters.